The van der Waals surface area contributed by atoms with Gasteiger partial charge in [0.2, 0.25) is 5.91 Å². The molecule has 0 radical (unpaired) electrons. The van der Waals surface area contributed by atoms with Gasteiger partial charge in [0.15, 0.2) is 0 Å². The van der Waals surface area contributed by atoms with Crippen LogP contribution in [0.5, 0.6) is 0 Å². The molecule has 0 aliphatic rings. The smallest absolute Gasteiger partial charge is 0.244 e. The molecule has 0 saturated heterocycles. The van der Waals surface area contributed by atoms with Gasteiger partial charge in [0.1, 0.15) is 0 Å². The predicted molar refractivity (Wildman–Crippen MR) is 85.1 cm³/mol. The molecule has 0 aliphatic carbocycles. The van der Waals surface area contributed by atoms with Crippen LogP contribution >= 0.6 is 11.8 Å². The van der Waals surface area contributed by atoms with Crippen LogP contribution in [0.2, 0.25) is 0 Å². The van der Waals surface area contributed by atoms with Crippen molar-refractivity contribution in [1.29, 1.82) is 0 Å². The standard InChI is InChI=1S/C15H22N2OS/c1-3-19-11-10-12(2)17-15(18)9-6-13-4-7-14(16)8-5-13/h4-9,12H,3,10-11,16H2,1-2H3,(H,17,18)/b9-6+. The van der Waals surface area contributed by atoms with Gasteiger partial charge in [0.05, 0.1) is 0 Å². The van der Waals surface area contributed by atoms with Crippen molar-refractivity contribution >= 4 is 29.4 Å². The highest BCUT2D eigenvalue weighted by molar-refractivity contribution is 7.99. The van der Waals surface area contributed by atoms with Gasteiger partial charge in [-0.2, -0.15) is 11.8 Å². The minimum atomic E-state index is -0.0502. The number of benzene rings is 1. The number of nitrogens with two attached hydrogens (primary N) is 1. The topological polar surface area (TPSA) is 55.1 Å². The lowest BCUT2D eigenvalue weighted by molar-refractivity contribution is -0.117. The predicted octanol–water partition coefficient (Wildman–Crippen LogP) is 2.93. The molecule has 1 unspecified atom stereocenters. The zero-order chi connectivity index (χ0) is 14.1. The van der Waals surface area contributed by atoms with Gasteiger partial charge in [-0.1, -0.05) is 19.1 Å². The first kappa shape index (κ1) is 15.6. The van der Waals surface area contributed by atoms with Gasteiger partial charge in [-0.3, -0.25) is 4.79 Å². The Kier molecular flexibility index (Phi) is 7.11. The minimum absolute atomic E-state index is 0.0502. The Bertz CT molecular complexity index is 415. The summed E-state index contributed by atoms with van der Waals surface area (Å²) in [6, 6.07) is 7.63. The first-order valence-corrected chi connectivity index (χ1v) is 7.69. The van der Waals surface area contributed by atoms with E-state index in [1.807, 2.05) is 43.0 Å². The number of carbonyl (C=O) groups is 1. The van der Waals surface area contributed by atoms with Gasteiger partial charge in [-0.25, -0.2) is 0 Å². The molecule has 0 bridgehead atoms. The molecule has 0 spiro atoms. The lowest BCUT2D eigenvalue weighted by Crippen LogP contribution is -2.31. The second-order valence-corrected chi connectivity index (χ2v) is 5.79. The van der Waals surface area contributed by atoms with Crippen LogP contribution in [0.3, 0.4) is 0 Å². The molecule has 1 amide bonds. The van der Waals surface area contributed by atoms with E-state index in [1.54, 1.807) is 12.2 Å². The van der Waals surface area contributed by atoms with Gasteiger partial charge in [0.25, 0.3) is 0 Å². The van der Waals surface area contributed by atoms with Crippen molar-refractivity contribution < 1.29 is 4.79 Å². The van der Waals surface area contributed by atoms with E-state index in [0.29, 0.717) is 0 Å². The summed E-state index contributed by atoms with van der Waals surface area (Å²) in [4.78, 5) is 11.7. The molecule has 19 heavy (non-hydrogen) atoms. The summed E-state index contributed by atoms with van der Waals surface area (Å²) in [6.07, 6.45) is 4.36. The molecular weight excluding hydrogens is 256 g/mol. The third kappa shape index (κ3) is 6.91. The molecule has 3 nitrogen and oxygen atoms in total. The maximum atomic E-state index is 11.7. The average Bonchev–Trinajstić information content (AvgIpc) is 2.38. The van der Waals surface area contributed by atoms with Gasteiger partial charge < -0.3 is 11.1 Å². The number of nitrogens with one attached hydrogen (secondary N) is 1. The lowest BCUT2D eigenvalue weighted by atomic mass is 10.2. The molecule has 0 fully saturated rings. The minimum Gasteiger partial charge on any atom is -0.399 e. The van der Waals surface area contributed by atoms with Gasteiger partial charge in [0, 0.05) is 17.8 Å². The maximum Gasteiger partial charge on any atom is 0.244 e. The molecule has 0 saturated carbocycles. The number of anilines is 1. The molecule has 104 valence electrons. The third-order valence-corrected chi connectivity index (χ3v) is 3.58. The average molecular weight is 278 g/mol. The fourth-order valence-electron chi connectivity index (χ4n) is 1.55. The van der Waals surface area contributed by atoms with Crippen molar-refractivity contribution in [3.05, 3.63) is 35.9 Å². The summed E-state index contributed by atoms with van der Waals surface area (Å²) in [5.74, 6) is 2.16. The van der Waals surface area contributed by atoms with Crippen LogP contribution in [0.15, 0.2) is 30.3 Å². The van der Waals surface area contributed by atoms with Gasteiger partial charge >= 0.3 is 0 Å². The van der Waals surface area contributed by atoms with Crippen LogP contribution in [-0.4, -0.2) is 23.5 Å². The van der Waals surface area contributed by atoms with Crippen molar-refractivity contribution in [3.8, 4) is 0 Å². The highest BCUT2D eigenvalue weighted by atomic mass is 32.2. The van der Waals surface area contributed by atoms with Crippen LogP contribution in [-0.2, 0) is 4.79 Å². The van der Waals surface area contributed by atoms with Crippen LogP contribution in [0.25, 0.3) is 6.08 Å². The van der Waals surface area contributed by atoms with Gasteiger partial charge in [-0.05, 0) is 48.6 Å². The molecule has 3 N–H and O–H groups in total. The summed E-state index contributed by atoms with van der Waals surface area (Å²) in [5, 5.41) is 2.96. The molecule has 1 rings (SSSR count). The summed E-state index contributed by atoms with van der Waals surface area (Å²) >= 11 is 1.89. The highest BCUT2D eigenvalue weighted by Gasteiger charge is 2.03. The van der Waals surface area contributed by atoms with Gasteiger partial charge in [-0.15, -0.1) is 0 Å². The van der Waals surface area contributed by atoms with Crippen molar-refractivity contribution in [3.63, 3.8) is 0 Å². The summed E-state index contributed by atoms with van der Waals surface area (Å²) in [7, 11) is 0. The molecule has 4 heteroatoms. The summed E-state index contributed by atoms with van der Waals surface area (Å²) in [5.41, 5.74) is 7.30. The van der Waals surface area contributed by atoms with E-state index in [1.165, 1.54) is 0 Å². The number of amides is 1. The number of hydrogen-bond donors (Lipinski definition) is 2. The summed E-state index contributed by atoms with van der Waals surface area (Å²) < 4.78 is 0. The number of carbonyl (C=O) groups excluding carboxylic acids is 1. The number of rotatable bonds is 7. The molecular formula is C15H22N2OS. The SMILES string of the molecule is CCSCCC(C)NC(=O)/C=C/c1ccc(N)cc1. The first-order valence-electron chi connectivity index (χ1n) is 6.53. The highest BCUT2D eigenvalue weighted by Crippen LogP contribution is 2.07. The van der Waals surface area contributed by atoms with Crippen molar-refractivity contribution in [2.24, 2.45) is 0 Å². The largest absolute Gasteiger partial charge is 0.399 e. The zero-order valence-corrected chi connectivity index (χ0v) is 12.4. The first-order chi connectivity index (χ1) is 9.11. The van der Waals surface area contributed by atoms with E-state index in [9.17, 15) is 4.79 Å². The van der Waals surface area contributed by atoms with Crippen molar-refractivity contribution in [2.75, 3.05) is 17.2 Å². The van der Waals surface area contributed by atoms with E-state index >= 15 is 0 Å². The molecule has 1 aromatic carbocycles. The van der Waals surface area contributed by atoms with E-state index in [2.05, 4.69) is 12.2 Å². The number of thioether (sulfide) groups is 1. The Morgan fingerprint density at radius 2 is 2.11 bits per heavy atom. The maximum absolute atomic E-state index is 11.7. The Morgan fingerprint density at radius 3 is 2.74 bits per heavy atom. The monoisotopic (exact) mass is 278 g/mol. The second kappa shape index (κ2) is 8.64. The molecule has 0 aliphatic heterocycles. The molecule has 1 aromatic rings. The van der Waals surface area contributed by atoms with Crippen LogP contribution in [0.4, 0.5) is 5.69 Å². The lowest BCUT2D eigenvalue weighted by Gasteiger charge is -2.11. The van der Waals surface area contributed by atoms with Crippen LogP contribution in [0, 0.1) is 0 Å². The number of hydrogen-bond acceptors (Lipinski definition) is 3. The number of nitrogen functional groups attached to an aromatic ring is 1. The summed E-state index contributed by atoms with van der Waals surface area (Å²) in [6.45, 7) is 4.18. The third-order valence-electron chi connectivity index (χ3n) is 2.65. The molecule has 1 atom stereocenters. The van der Waals surface area contributed by atoms with E-state index in [0.717, 1.165) is 29.2 Å². The van der Waals surface area contributed by atoms with E-state index < -0.39 is 0 Å². The van der Waals surface area contributed by atoms with Crippen molar-refractivity contribution in [1.82, 2.24) is 5.32 Å². The quantitative estimate of drug-likeness (QED) is 0.458. The van der Waals surface area contributed by atoms with E-state index in [-0.39, 0.29) is 11.9 Å². The van der Waals surface area contributed by atoms with Crippen LogP contribution < -0.4 is 11.1 Å². The Labute approximate surface area is 119 Å². The Balaban J connectivity index is 2.35. The zero-order valence-electron chi connectivity index (χ0n) is 11.6. The van der Waals surface area contributed by atoms with Crippen molar-refractivity contribution in [2.45, 2.75) is 26.3 Å². The molecule has 0 aromatic heterocycles. The normalized spacial score (nSPS) is 12.5. The van der Waals surface area contributed by atoms with E-state index in [4.69, 9.17) is 5.73 Å². The Hall–Kier alpha value is -1.42. The second-order valence-electron chi connectivity index (χ2n) is 4.40. The molecule has 0 heterocycles. The fraction of sp³-hybridized carbons (Fsp3) is 0.400. The fourth-order valence-corrected chi connectivity index (χ4v) is 2.36. The Morgan fingerprint density at radius 1 is 1.42 bits per heavy atom. The van der Waals surface area contributed by atoms with Crippen LogP contribution in [0.1, 0.15) is 25.8 Å².